The number of carboxylic acid groups (broad SMARTS) is 1. The van der Waals surface area contributed by atoms with Crippen LogP contribution >= 0.6 is 11.3 Å². The molecule has 3 aromatic rings. The predicted molar refractivity (Wildman–Crippen MR) is 133 cm³/mol. The highest BCUT2D eigenvalue weighted by Gasteiger charge is 2.39. The van der Waals surface area contributed by atoms with Gasteiger partial charge in [-0.1, -0.05) is 56.7 Å². The molecule has 0 aliphatic rings. The summed E-state index contributed by atoms with van der Waals surface area (Å²) in [6.07, 6.45) is 0.308. The number of carbonyl (C=O) groups is 2. The Morgan fingerprint density at radius 1 is 1.15 bits per heavy atom. The Bertz CT molecular complexity index is 1250. The highest BCUT2D eigenvalue weighted by atomic mass is 32.1. The molecule has 0 spiro atoms. The van der Waals surface area contributed by atoms with E-state index in [-0.39, 0.29) is 5.04 Å². The molecule has 0 bridgehead atoms. The van der Waals surface area contributed by atoms with Crippen LogP contribution in [-0.2, 0) is 4.79 Å². The van der Waals surface area contributed by atoms with Gasteiger partial charge in [0.25, 0.3) is 5.91 Å². The molecule has 1 aromatic heterocycles. The van der Waals surface area contributed by atoms with Crippen molar-refractivity contribution >= 4 is 41.7 Å². The second kappa shape index (κ2) is 9.27. The van der Waals surface area contributed by atoms with Crippen molar-refractivity contribution in [2.24, 2.45) is 4.99 Å². The van der Waals surface area contributed by atoms with Crippen LogP contribution in [0.5, 0.6) is 5.75 Å². The summed E-state index contributed by atoms with van der Waals surface area (Å²) < 4.78 is 8.83. The molecule has 0 aliphatic carbocycles. The Kier molecular flexibility index (Phi) is 7.00. The summed E-state index contributed by atoms with van der Waals surface area (Å²) >= 11 is 1.28. The summed E-state index contributed by atoms with van der Waals surface area (Å²) in [4.78, 5) is 29.4. The van der Waals surface area contributed by atoms with Crippen LogP contribution in [0.25, 0.3) is 10.2 Å². The zero-order valence-electron chi connectivity index (χ0n) is 20.3. The number of nitrogens with zero attached hydrogens (tertiary/aromatic N) is 2. The Morgan fingerprint density at radius 3 is 2.33 bits per heavy atom. The van der Waals surface area contributed by atoms with E-state index in [1.807, 2.05) is 37.3 Å². The predicted octanol–water partition coefficient (Wildman–Crippen LogP) is 4.84. The topological polar surface area (TPSA) is 83.7 Å². The standard InChI is InChI=1S/C25H32N2O4SSi/c1-8-19(23(29)30)27-20-14-13-18(31-33(6,7)25(3,4)5)15-21(20)32-24(27)26-22(28)17-11-9-16(2)10-12-17/h9-15,19H,8H2,1-7H3,(H,29,30)/p-1. The number of carbonyl (C=O) groups excluding carboxylic acids is 2. The van der Waals surface area contributed by atoms with Crippen LogP contribution in [0.2, 0.25) is 18.1 Å². The molecule has 1 unspecified atom stereocenters. The number of amides is 1. The van der Waals surface area contributed by atoms with Gasteiger partial charge in [-0.15, -0.1) is 0 Å². The fraction of sp³-hybridized carbons (Fsp3) is 0.400. The summed E-state index contributed by atoms with van der Waals surface area (Å²) in [5.41, 5.74) is 2.18. The van der Waals surface area contributed by atoms with Crippen LogP contribution < -0.4 is 14.3 Å². The minimum absolute atomic E-state index is 0.0422. The minimum Gasteiger partial charge on any atom is -0.548 e. The lowest BCUT2D eigenvalue weighted by Crippen LogP contribution is -2.43. The first-order chi connectivity index (χ1) is 15.3. The summed E-state index contributed by atoms with van der Waals surface area (Å²) in [5.74, 6) is -0.885. The van der Waals surface area contributed by atoms with Gasteiger partial charge in [-0.3, -0.25) is 4.79 Å². The van der Waals surface area contributed by atoms with Crippen LogP contribution in [0.3, 0.4) is 0 Å². The van der Waals surface area contributed by atoms with Gasteiger partial charge in [-0.05, 0) is 61.8 Å². The molecule has 176 valence electrons. The molecule has 3 rings (SSSR count). The highest BCUT2D eigenvalue weighted by molar-refractivity contribution is 7.16. The van der Waals surface area contributed by atoms with Crippen LogP contribution in [-0.4, -0.2) is 24.8 Å². The van der Waals surface area contributed by atoms with Gasteiger partial charge in [-0.2, -0.15) is 4.99 Å². The number of thiazole rings is 1. The summed E-state index contributed by atoms with van der Waals surface area (Å²) in [5, 5.41) is 12.0. The highest BCUT2D eigenvalue weighted by Crippen LogP contribution is 2.38. The number of hydrogen-bond donors (Lipinski definition) is 0. The molecule has 0 fully saturated rings. The quantitative estimate of drug-likeness (QED) is 0.470. The average molecular weight is 484 g/mol. The van der Waals surface area contributed by atoms with Crippen LogP contribution in [0.15, 0.2) is 47.5 Å². The van der Waals surface area contributed by atoms with Crippen molar-refractivity contribution in [3.05, 3.63) is 58.4 Å². The van der Waals surface area contributed by atoms with Crippen LogP contribution in [0.4, 0.5) is 0 Å². The van der Waals surface area contributed by atoms with Crippen LogP contribution in [0.1, 0.15) is 56.1 Å². The van der Waals surface area contributed by atoms with Crippen molar-refractivity contribution in [1.82, 2.24) is 4.57 Å². The monoisotopic (exact) mass is 483 g/mol. The first kappa shape index (κ1) is 24.9. The lowest BCUT2D eigenvalue weighted by Gasteiger charge is -2.36. The van der Waals surface area contributed by atoms with Gasteiger partial charge < -0.3 is 18.9 Å². The van der Waals surface area contributed by atoms with Crippen molar-refractivity contribution in [1.29, 1.82) is 0 Å². The van der Waals surface area contributed by atoms with Gasteiger partial charge in [-0.25, -0.2) is 0 Å². The Hall–Kier alpha value is -2.71. The van der Waals surface area contributed by atoms with E-state index in [1.54, 1.807) is 23.6 Å². The number of aliphatic carboxylic acids is 1. The molecule has 0 aliphatic heterocycles. The molecule has 0 saturated heterocycles. The molecule has 0 N–H and O–H groups in total. The second-order valence-corrected chi connectivity index (χ2v) is 15.5. The maximum absolute atomic E-state index is 12.8. The largest absolute Gasteiger partial charge is 0.548 e. The third-order valence-corrected chi connectivity index (χ3v) is 11.6. The van der Waals surface area contributed by atoms with Crippen LogP contribution in [0, 0.1) is 6.92 Å². The summed E-state index contributed by atoms with van der Waals surface area (Å²) in [7, 11) is -2.05. The summed E-state index contributed by atoms with van der Waals surface area (Å²) in [6, 6.07) is 11.8. The van der Waals surface area contributed by atoms with Crippen molar-refractivity contribution in [2.75, 3.05) is 0 Å². The first-order valence-electron chi connectivity index (χ1n) is 11.0. The van der Waals surface area contributed by atoms with E-state index in [1.165, 1.54) is 11.3 Å². The van der Waals surface area contributed by atoms with E-state index >= 15 is 0 Å². The van der Waals surface area contributed by atoms with Crippen molar-refractivity contribution in [3.63, 3.8) is 0 Å². The van der Waals surface area contributed by atoms with Crippen molar-refractivity contribution < 1.29 is 19.1 Å². The SMILES string of the molecule is CCC(C(=O)[O-])n1c(=NC(=O)c2ccc(C)cc2)sc2cc(O[Si](C)(C)C(C)(C)C)ccc21. The lowest BCUT2D eigenvalue weighted by atomic mass is 10.1. The minimum atomic E-state index is -2.05. The Balaban J connectivity index is 2.16. The van der Waals surface area contributed by atoms with Gasteiger partial charge in [0.05, 0.1) is 22.2 Å². The molecule has 1 heterocycles. The zero-order valence-corrected chi connectivity index (χ0v) is 22.1. The third-order valence-electron chi connectivity index (χ3n) is 6.24. The van der Waals surface area contributed by atoms with Gasteiger partial charge in [0.15, 0.2) is 4.80 Å². The van der Waals surface area contributed by atoms with E-state index in [0.29, 0.717) is 22.3 Å². The summed E-state index contributed by atoms with van der Waals surface area (Å²) in [6.45, 7) is 14.6. The van der Waals surface area contributed by atoms with E-state index in [2.05, 4.69) is 38.9 Å². The van der Waals surface area contributed by atoms with E-state index < -0.39 is 26.2 Å². The second-order valence-electron chi connectivity index (χ2n) is 9.77. The van der Waals surface area contributed by atoms with Gasteiger partial charge in [0.2, 0.25) is 8.32 Å². The first-order valence-corrected chi connectivity index (χ1v) is 14.8. The Labute approximate surface area is 199 Å². The normalized spacial score (nSPS) is 13.8. The zero-order chi connectivity index (χ0) is 24.6. The Morgan fingerprint density at radius 2 is 1.79 bits per heavy atom. The number of rotatable bonds is 6. The number of hydrogen-bond acceptors (Lipinski definition) is 5. The smallest absolute Gasteiger partial charge is 0.279 e. The molecule has 33 heavy (non-hydrogen) atoms. The lowest BCUT2D eigenvalue weighted by molar-refractivity contribution is -0.310. The number of benzene rings is 2. The molecule has 2 aromatic carbocycles. The molecule has 8 heteroatoms. The molecule has 0 saturated carbocycles. The third kappa shape index (κ3) is 5.28. The fourth-order valence-electron chi connectivity index (χ4n) is 3.22. The molecular weight excluding hydrogens is 452 g/mol. The van der Waals surface area contributed by atoms with E-state index in [9.17, 15) is 14.7 Å². The maximum Gasteiger partial charge on any atom is 0.279 e. The average Bonchev–Trinajstić information content (AvgIpc) is 3.04. The van der Waals surface area contributed by atoms with Crippen molar-refractivity contribution in [3.8, 4) is 5.75 Å². The van der Waals surface area contributed by atoms with Gasteiger partial charge in [0.1, 0.15) is 5.75 Å². The fourth-order valence-corrected chi connectivity index (χ4v) is 5.33. The van der Waals surface area contributed by atoms with Crippen molar-refractivity contribution in [2.45, 2.75) is 65.2 Å². The van der Waals surface area contributed by atoms with Gasteiger partial charge in [0, 0.05) is 5.56 Å². The maximum atomic E-state index is 12.8. The number of aromatic nitrogens is 1. The molecule has 1 atom stereocenters. The number of carboxylic acids is 1. The molecule has 0 radical (unpaired) electrons. The van der Waals surface area contributed by atoms with Gasteiger partial charge >= 0.3 is 0 Å². The van der Waals surface area contributed by atoms with E-state index in [0.717, 1.165) is 16.0 Å². The number of fused-ring (bicyclic) bond motifs is 1. The molecule has 6 nitrogen and oxygen atoms in total. The van der Waals surface area contributed by atoms with E-state index in [4.69, 9.17) is 4.43 Å². The number of aryl methyl sites for hydroxylation is 1. The molecular formula is C25H31N2O4SSi-. The molecule has 1 amide bonds.